The Bertz CT molecular complexity index is 929. The van der Waals surface area contributed by atoms with E-state index in [-0.39, 0.29) is 17.2 Å². The zero-order chi connectivity index (χ0) is 20.5. The fraction of sp³-hybridized carbons (Fsp3) is 0.360. The van der Waals surface area contributed by atoms with Crippen LogP contribution in [0.3, 0.4) is 0 Å². The van der Waals surface area contributed by atoms with Gasteiger partial charge in [-0.25, -0.2) is 4.98 Å². The van der Waals surface area contributed by atoms with E-state index in [1.54, 1.807) is 11.3 Å². The monoisotopic (exact) mass is 404 g/mol. The van der Waals surface area contributed by atoms with E-state index in [1.165, 1.54) is 0 Å². The number of hydrogen-bond donors (Lipinski definition) is 1. The highest BCUT2D eigenvalue weighted by Crippen LogP contribution is 2.41. The molecule has 1 aliphatic rings. The summed E-state index contributed by atoms with van der Waals surface area (Å²) in [4.78, 5) is 18.3. The third-order valence-electron chi connectivity index (χ3n) is 5.79. The van der Waals surface area contributed by atoms with Gasteiger partial charge in [0.25, 0.3) is 0 Å². The summed E-state index contributed by atoms with van der Waals surface area (Å²) in [6.45, 7) is 6.52. The van der Waals surface area contributed by atoms with Gasteiger partial charge in [0.15, 0.2) is 0 Å². The van der Waals surface area contributed by atoms with Gasteiger partial charge >= 0.3 is 0 Å². The molecule has 0 bridgehead atoms. The largest absolute Gasteiger partial charge is 0.336 e. The number of hydrogen-bond acceptors (Lipinski definition) is 3. The fourth-order valence-corrected chi connectivity index (χ4v) is 4.98. The van der Waals surface area contributed by atoms with Crippen LogP contribution in [0.1, 0.15) is 61.9 Å². The Kier molecular flexibility index (Phi) is 5.30. The minimum absolute atomic E-state index is 0.0498. The van der Waals surface area contributed by atoms with Crippen LogP contribution in [0.2, 0.25) is 0 Å². The van der Waals surface area contributed by atoms with E-state index in [2.05, 4.69) is 55.7 Å². The maximum absolute atomic E-state index is 13.2. The molecule has 4 rings (SSSR count). The number of benzene rings is 2. The second-order valence-corrected chi connectivity index (χ2v) is 9.75. The van der Waals surface area contributed by atoms with Gasteiger partial charge in [-0.3, -0.25) is 4.79 Å². The lowest BCUT2D eigenvalue weighted by Gasteiger charge is -2.37. The molecule has 29 heavy (non-hydrogen) atoms. The maximum Gasteiger partial charge on any atom is 0.224 e. The Labute approximate surface area is 177 Å². The molecular weight excluding hydrogens is 376 g/mol. The molecule has 150 valence electrons. The number of nitrogens with zero attached hydrogens (tertiary/aromatic N) is 1. The van der Waals surface area contributed by atoms with Crippen LogP contribution in [0.5, 0.6) is 0 Å². The molecule has 0 unspecified atom stereocenters. The van der Waals surface area contributed by atoms with Gasteiger partial charge in [-0.05, 0) is 24.0 Å². The molecule has 0 aliphatic heterocycles. The molecular formula is C25H28N2OS. The summed E-state index contributed by atoms with van der Waals surface area (Å²) in [7, 11) is 0. The summed E-state index contributed by atoms with van der Waals surface area (Å²) in [5, 5.41) is 6.50. The Morgan fingerprint density at radius 2 is 1.52 bits per heavy atom. The van der Waals surface area contributed by atoms with Gasteiger partial charge in [-0.2, -0.15) is 0 Å². The van der Waals surface area contributed by atoms with E-state index in [1.807, 2.05) is 36.4 Å². The zero-order valence-corrected chi connectivity index (χ0v) is 18.1. The van der Waals surface area contributed by atoms with E-state index in [4.69, 9.17) is 4.98 Å². The molecule has 2 aromatic carbocycles. The molecule has 1 saturated carbocycles. The summed E-state index contributed by atoms with van der Waals surface area (Å²) in [5.41, 5.74) is 2.28. The second kappa shape index (κ2) is 7.75. The molecule has 4 heteroatoms. The molecule has 1 aromatic heterocycles. The van der Waals surface area contributed by atoms with Crippen molar-refractivity contribution in [1.29, 1.82) is 0 Å². The van der Waals surface area contributed by atoms with E-state index >= 15 is 0 Å². The first-order valence-corrected chi connectivity index (χ1v) is 11.2. The highest BCUT2D eigenvalue weighted by Gasteiger charge is 2.43. The fourth-order valence-electron chi connectivity index (χ4n) is 3.74. The molecule has 0 saturated heterocycles. The topological polar surface area (TPSA) is 42.0 Å². The van der Waals surface area contributed by atoms with Gasteiger partial charge in [0.05, 0.1) is 5.69 Å². The predicted molar refractivity (Wildman–Crippen MR) is 119 cm³/mol. The standard InChI is InChI=1S/C25H28N2OS/c1-24(2,3)21-17-29-23(26-21)25(19-13-6-4-7-14-19,20-15-8-5-9-16-20)27-22(28)18-11-10-12-18/h4-9,13-18H,10-12H2,1-3H3,(H,27,28). The average molecular weight is 405 g/mol. The van der Waals surface area contributed by atoms with Crippen molar-refractivity contribution in [1.82, 2.24) is 10.3 Å². The van der Waals surface area contributed by atoms with Gasteiger partial charge in [0.1, 0.15) is 10.5 Å². The molecule has 1 N–H and O–H groups in total. The first-order chi connectivity index (χ1) is 13.9. The number of thiazole rings is 1. The maximum atomic E-state index is 13.2. The van der Waals surface area contributed by atoms with Crippen LogP contribution in [-0.2, 0) is 15.7 Å². The van der Waals surface area contributed by atoms with Crippen molar-refractivity contribution in [2.45, 2.75) is 51.0 Å². The van der Waals surface area contributed by atoms with Gasteiger partial charge in [0, 0.05) is 16.7 Å². The number of amides is 1. The Hall–Kier alpha value is -2.46. The van der Waals surface area contributed by atoms with Crippen LogP contribution in [0, 0.1) is 5.92 Å². The van der Waals surface area contributed by atoms with E-state index < -0.39 is 5.54 Å². The highest BCUT2D eigenvalue weighted by atomic mass is 32.1. The number of nitrogens with one attached hydrogen (secondary N) is 1. The molecule has 3 nitrogen and oxygen atoms in total. The van der Waals surface area contributed by atoms with Gasteiger partial charge < -0.3 is 5.32 Å². The molecule has 3 aromatic rings. The van der Waals surface area contributed by atoms with Crippen LogP contribution < -0.4 is 5.32 Å². The lowest BCUT2D eigenvalue weighted by molar-refractivity contribution is -0.128. The van der Waals surface area contributed by atoms with Crippen LogP contribution in [0.25, 0.3) is 0 Å². The lowest BCUT2D eigenvalue weighted by atomic mass is 9.80. The Balaban J connectivity index is 1.92. The van der Waals surface area contributed by atoms with Gasteiger partial charge in [0.2, 0.25) is 5.91 Å². The average Bonchev–Trinajstić information content (AvgIpc) is 3.17. The zero-order valence-electron chi connectivity index (χ0n) is 17.3. The quantitative estimate of drug-likeness (QED) is 0.597. The summed E-state index contributed by atoms with van der Waals surface area (Å²) in [6, 6.07) is 20.5. The first kappa shape index (κ1) is 19.8. The lowest BCUT2D eigenvalue weighted by Crippen LogP contribution is -2.50. The molecule has 1 fully saturated rings. The van der Waals surface area contributed by atoms with E-state index in [9.17, 15) is 4.79 Å². The first-order valence-electron chi connectivity index (χ1n) is 10.3. The van der Waals surface area contributed by atoms with Crippen molar-refractivity contribution < 1.29 is 4.79 Å². The molecule has 0 atom stereocenters. The van der Waals surface area contributed by atoms with Crippen molar-refractivity contribution in [2.24, 2.45) is 5.92 Å². The minimum Gasteiger partial charge on any atom is -0.336 e. The van der Waals surface area contributed by atoms with Crippen LogP contribution in [-0.4, -0.2) is 10.9 Å². The van der Waals surface area contributed by atoms with Gasteiger partial charge in [-0.15, -0.1) is 11.3 Å². The van der Waals surface area contributed by atoms with Gasteiger partial charge in [-0.1, -0.05) is 87.9 Å². The molecule has 0 radical (unpaired) electrons. The summed E-state index contributed by atoms with van der Waals surface area (Å²) < 4.78 is 0. The van der Waals surface area contributed by atoms with Crippen LogP contribution in [0.4, 0.5) is 0 Å². The van der Waals surface area contributed by atoms with Crippen molar-refractivity contribution >= 4 is 17.2 Å². The SMILES string of the molecule is CC(C)(C)c1csc(C(NC(=O)C2CCC2)(c2ccccc2)c2ccccc2)n1. The highest BCUT2D eigenvalue weighted by molar-refractivity contribution is 7.10. The smallest absolute Gasteiger partial charge is 0.224 e. The number of aromatic nitrogens is 1. The minimum atomic E-state index is -0.788. The summed E-state index contributed by atoms with van der Waals surface area (Å²) in [5.74, 6) is 0.223. The number of carbonyl (C=O) groups is 1. The third-order valence-corrected chi connectivity index (χ3v) is 6.76. The molecule has 1 amide bonds. The third kappa shape index (κ3) is 3.74. The Morgan fingerprint density at radius 1 is 0.966 bits per heavy atom. The van der Waals surface area contributed by atoms with Crippen LogP contribution >= 0.6 is 11.3 Å². The summed E-state index contributed by atoms with van der Waals surface area (Å²) >= 11 is 1.63. The van der Waals surface area contributed by atoms with Crippen molar-refractivity contribution in [2.75, 3.05) is 0 Å². The van der Waals surface area contributed by atoms with E-state index in [0.717, 1.165) is 41.1 Å². The van der Waals surface area contributed by atoms with E-state index in [0.29, 0.717) is 0 Å². The summed E-state index contributed by atoms with van der Waals surface area (Å²) in [6.07, 6.45) is 3.07. The van der Waals surface area contributed by atoms with Crippen molar-refractivity contribution in [3.63, 3.8) is 0 Å². The predicted octanol–water partition coefficient (Wildman–Crippen LogP) is 5.65. The van der Waals surface area contributed by atoms with Crippen molar-refractivity contribution in [3.8, 4) is 0 Å². The number of carbonyl (C=O) groups excluding carboxylic acids is 1. The number of rotatable bonds is 5. The molecule has 1 heterocycles. The van der Waals surface area contributed by atoms with Crippen LogP contribution in [0.15, 0.2) is 66.0 Å². The normalized spacial score (nSPS) is 15.0. The molecule has 0 spiro atoms. The second-order valence-electron chi connectivity index (χ2n) is 8.89. The Morgan fingerprint density at radius 3 is 1.93 bits per heavy atom. The van der Waals surface area contributed by atoms with Crippen molar-refractivity contribution in [3.05, 3.63) is 87.9 Å². The molecule has 1 aliphatic carbocycles.